The summed E-state index contributed by atoms with van der Waals surface area (Å²) in [7, 11) is 0. The zero-order chi connectivity index (χ0) is 7.78. The number of nitrogens with one attached hydrogen (secondary N) is 1. The lowest BCUT2D eigenvalue weighted by Gasteiger charge is -2.21. The quantitative estimate of drug-likeness (QED) is 0.488. The summed E-state index contributed by atoms with van der Waals surface area (Å²) in [4.78, 5) is 21.5. The Morgan fingerprint density at radius 3 is 2.40 bits per heavy atom. The number of rotatable bonds is 0. The monoisotopic (exact) mass is 139 g/mol. The third-order valence-electron chi connectivity index (χ3n) is 1.47. The van der Waals surface area contributed by atoms with Gasteiger partial charge >= 0.3 is 0 Å². The van der Waals surface area contributed by atoms with Crippen LogP contribution in [0.25, 0.3) is 0 Å². The van der Waals surface area contributed by atoms with Gasteiger partial charge in [-0.05, 0) is 13.8 Å². The minimum absolute atomic E-state index is 0.236. The number of carbonyl (C=O) groups is 2. The van der Waals surface area contributed by atoms with E-state index in [0.29, 0.717) is 0 Å². The van der Waals surface area contributed by atoms with Crippen molar-refractivity contribution in [2.75, 3.05) is 0 Å². The van der Waals surface area contributed by atoms with Crippen LogP contribution < -0.4 is 5.32 Å². The van der Waals surface area contributed by atoms with Gasteiger partial charge in [0, 0.05) is 6.08 Å². The van der Waals surface area contributed by atoms with Crippen LogP contribution in [0, 0.1) is 5.41 Å². The van der Waals surface area contributed by atoms with Crippen molar-refractivity contribution < 1.29 is 9.59 Å². The summed E-state index contributed by atoms with van der Waals surface area (Å²) in [6.45, 7) is 3.51. The zero-order valence-electron chi connectivity index (χ0n) is 5.97. The fraction of sp³-hybridized carbons (Fsp3) is 0.429. The summed E-state index contributed by atoms with van der Waals surface area (Å²) in [6, 6.07) is 0. The molecule has 0 aromatic carbocycles. The second kappa shape index (κ2) is 1.94. The van der Waals surface area contributed by atoms with Crippen LogP contribution in [-0.4, -0.2) is 11.8 Å². The normalized spacial score (nSPS) is 22.6. The van der Waals surface area contributed by atoms with Gasteiger partial charge in [-0.2, -0.15) is 0 Å². The highest BCUT2D eigenvalue weighted by molar-refractivity contribution is 6.06. The van der Waals surface area contributed by atoms with Crippen molar-refractivity contribution in [3.8, 4) is 0 Å². The molecule has 0 atom stereocenters. The van der Waals surface area contributed by atoms with Crippen LogP contribution in [0.4, 0.5) is 0 Å². The van der Waals surface area contributed by atoms with Gasteiger partial charge in [-0.3, -0.25) is 14.9 Å². The molecule has 3 heteroatoms. The minimum Gasteiger partial charge on any atom is -0.292 e. The Labute approximate surface area is 59.1 Å². The maximum absolute atomic E-state index is 10.9. The van der Waals surface area contributed by atoms with Gasteiger partial charge < -0.3 is 0 Å². The fourth-order valence-corrected chi connectivity index (χ4v) is 0.674. The van der Waals surface area contributed by atoms with Gasteiger partial charge in [0.2, 0.25) is 11.8 Å². The van der Waals surface area contributed by atoms with Gasteiger partial charge in [0.15, 0.2) is 0 Å². The standard InChI is InChI=1S/C7H9NO2/c1-7(2)4-3-5(9)8-6(7)10/h3-4H,1-2H3,(H,8,9,10). The molecule has 1 rings (SSSR count). The van der Waals surface area contributed by atoms with E-state index in [1.165, 1.54) is 6.08 Å². The molecule has 0 unspecified atom stereocenters. The number of hydrogen-bond acceptors (Lipinski definition) is 2. The molecular weight excluding hydrogens is 130 g/mol. The van der Waals surface area contributed by atoms with Crippen LogP contribution in [0.2, 0.25) is 0 Å². The van der Waals surface area contributed by atoms with Gasteiger partial charge in [0.05, 0.1) is 5.41 Å². The van der Waals surface area contributed by atoms with Crippen molar-refractivity contribution in [2.45, 2.75) is 13.8 Å². The lowest BCUT2D eigenvalue weighted by atomic mass is 9.90. The molecule has 1 N–H and O–H groups in total. The van der Waals surface area contributed by atoms with Crippen molar-refractivity contribution in [1.29, 1.82) is 0 Å². The SMILES string of the molecule is CC1(C)C=CC(=O)NC1=O. The van der Waals surface area contributed by atoms with Crippen molar-refractivity contribution in [2.24, 2.45) is 5.41 Å². The Bertz CT molecular complexity index is 216. The summed E-state index contributed by atoms with van der Waals surface area (Å²) in [6.07, 6.45) is 2.98. The average Bonchev–Trinajstić information content (AvgIpc) is 1.81. The van der Waals surface area contributed by atoms with Crippen LogP contribution in [-0.2, 0) is 9.59 Å². The second-order valence-corrected chi connectivity index (χ2v) is 2.87. The number of hydrogen-bond donors (Lipinski definition) is 1. The lowest BCUT2D eigenvalue weighted by molar-refractivity contribution is -0.133. The largest absolute Gasteiger partial charge is 0.292 e. The first kappa shape index (κ1) is 6.99. The fourth-order valence-electron chi connectivity index (χ4n) is 0.674. The predicted molar refractivity (Wildman–Crippen MR) is 36.1 cm³/mol. The maximum atomic E-state index is 10.9. The molecule has 10 heavy (non-hydrogen) atoms. The smallest absolute Gasteiger partial charge is 0.250 e. The van der Waals surface area contributed by atoms with Crippen molar-refractivity contribution in [1.82, 2.24) is 5.32 Å². The summed E-state index contributed by atoms with van der Waals surface area (Å²) < 4.78 is 0. The summed E-state index contributed by atoms with van der Waals surface area (Å²) in [5.74, 6) is -0.565. The van der Waals surface area contributed by atoms with Crippen LogP contribution >= 0.6 is 0 Å². The van der Waals surface area contributed by atoms with Crippen molar-refractivity contribution in [3.63, 3.8) is 0 Å². The van der Waals surface area contributed by atoms with E-state index >= 15 is 0 Å². The van der Waals surface area contributed by atoms with E-state index in [1.54, 1.807) is 19.9 Å². The first-order valence-electron chi connectivity index (χ1n) is 3.07. The minimum atomic E-state index is -0.534. The molecule has 0 saturated heterocycles. The van der Waals surface area contributed by atoms with Crippen molar-refractivity contribution >= 4 is 11.8 Å². The third-order valence-corrected chi connectivity index (χ3v) is 1.47. The Balaban J connectivity index is 2.93. The molecule has 0 fully saturated rings. The van der Waals surface area contributed by atoms with E-state index in [4.69, 9.17) is 0 Å². The van der Waals surface area contributed by atoms with Crippen LogP contribution in [0.15, 0.2) is 12.2 Å². The number of carbonyl (C=O) groups excluding carboxylic acids is 2. The Hall–Kier alpha value is -1.12. The van der Waals surface area contributed by atoms with Gasteiger partial charge in [-0.25, -0.2) is 0 Å². The van der Waals surface area contributed by atoms with Gasteiger partial charge in [0.1, 0.15) is 0 Å². The molecular formula is C7H9NO2. The Morgan fingerprint density at radius 2 is 2.00 bits per heavy atom. The molecule has 0 saturated carbocycles. The average molecular weight is 139 g/mol. The first-order chi connectivity index (χ1) is 4.52. The second-order valence-electron chi connectivity index (χ2n) is 2.87. The highest BCUT2D eigenvalue weighted by Gasteiger charge is 2.28. The summed E-state index contributed by atoms with van der Waals surface area (Å²) in [5, 5.41) is 2.20. The van der Waals surface area contributed by atoms with E-state index in [0.717, 1.165) is 0 Å². The molecule has 1 aliphatic rings. The van der Waals surface area contributed by atoms with Gasteiger partial charge in [-0.1, -0.05) is 6.08 Å². The molecule has 54 valence electrons. The molecule has 0 radical (unpaired) electrons. The van der Waals surface area contributed by atoms with E-state index in [2.05, 4.69) is 5.32 Å². The molecule has 0 aromatic rings. The lowest BCUT2D eigenvalue weighted by Crippen LogP contribution is -2.42. The highest BCUT2D eigenvalue weighted by atomic mass is 16.2. The molecule has 1 aliphatic heterocycles. The van der Waals surface area contributed by atoms with Gasteiger partial charge in [-0.15, -0.1) is 0 Å². The molecule has 0 spiro atoms. The molecule has 0 aromatic heterocycles. The first-order valence-corrected chi connectivity index (χ1v) is 3.07. The molecule has 2 amide bonds. The Morgan fingerprint density at radius 1 is 1.40 bits per heavy atom. The Kier molecular flexibility index (Phi) is 1.35. The highest BCUT2D eigenvalue weighted by Crippen LogP contribution is 2.19. The molecule has 0 bridgehead atoms. The van der Waals surface area contributed by atoms with Crippen LogP contribution in [0.3, 0.4) is 0 Å². The predicted octanol–water partition coefficient (Wildman–Crippen LogP) is 0.225. The van der Waals surface area contributed by atoms with E-state index in [9.17, 15) is 9.59 Å². The summed E-state index contributed by atoms with van der Waals surface area (Å²) >= 11 is 0. The maximum Gasteiger partial charge on any atom is 0.250 e. The molecule has 1 heterocycles. The zero-order valence-corrected chi connectivity index (χ0v) is 5.97. The molecule has 3 nitrogen and oxygen atoms in total. The summed E-state index contributed by atoms with van der Waals surface area (Å²) in [5.41, 5.74) is -0.534. The third kappa shape index (κ3) is 1.07. The van der Waals surface area contributed by atoms with Crippen molar-refractivity contribution in [3.05, 3.63) is 12.2 Å². The molecule has 0 aliphatic carbocycles. The number of imide groups is 1. The van der Waals surface area contributed by atoms with E-state index in [1.807, 2.05) is 0 Å². The van der Waals surface area contributed by atoms with E-state index < -0.39 is 5.41 Å². The number of amides is 2. The van der Waals surface area contributed by atoms with Crippen LogP contribution in [0.5, 0.6) is 0 Å². The van der Waals surface area contributed by atoms with E-state index in [-0.39, 0.29) is 11.8 Å². The topological polar surface area (TPSA) is 46.2 Å². The van der Waals surface area contributed by atoms with Crippen LogP contribution in [0.1, 0.15) is 13.8 Å². The van der Waals surface area contributed by atoms with Gasteiger partial charge in [0.25, 0.3) is 0 Å².